The van der Waals surface area contributed by atoms with Crippen LogP contribution in [-0.2, 0) is 11.3 Å². The van der Waals surface area contributed by atoms with Gasteiger partial charge in [-0.1, -0.05) is 0 Å². The van der Waals surface area contributed by atoms with Gasteiger partial charge in [0.15, 0.2) is 5.82 Å². The predicted molar refractivity (Wildman–Crippen MR) is 110 cm³/mol. The number of piperidine rings is 1. The van der Waals surface area contributed by atoms with Crippen LogP contribution in [0.5, 0.6) is 0 Å². The van der Waals surface area contributed by atoms with Gasteiger partial charge in [0.05, 0.1) is 23.4 Å². The summed E-state index contributed by atoms with van der Waals surface area (Å²) < 4.78 is 21.2. The van der Waals surface area contributed by atoms with Crippen LogP contribution in [0.25, 0.3) is 10.2 Å². The van der Waals surface area contributed by atoms with Crippen molar-refractivity contribution in [3.63, 3.8) is 0 Å². The molecular weight excluding hydrogens is 401 g/mol. The number of nitrogens with zero attached hydrogens (tertiary/aromatic N) is 5. The van der Waals surface area contributed by atoms with E-state index in [1.807, 2.05) is 0 Å². The summed E-state index contributed by atoms with van der Waals surface area (Å²) in [6, 6.07) is 2.21. The van der Waals surface area contributed by atoms with Gasteiger partial charge in [-0.2, -0.15) is 4.98 Å². The number of alkyl halides is 1. The van der Waals surface area contributed by atoms with Crippen molar-refractivity contribution in [3.8, 4) is 0 Å². The smallest absolute Gasteiger partial charge is 0.224 e. The van der Waals surface area contributed by atoms with Crippen LogP contribution in [0.4, 0.5) is 10.2 Å². The second kappa shape index (κ2) is 7.99. The maximum absolute atomic E-state index is 14.7. The van der Waals surface area contributed by atoms with E-state index >= 15 is 0 Å². The molecule has 3 fully saturated rings. The lowest BCUT2D eigenvalue weighted by atomic mass is 9.98. The molecule has 2 aromatic heterocycles. The maximum Gasteiger partial charge on any atom is 0.224 e. The lowest BCUT2D eigenvalue weighted by molar-refractivity contribution is 0.00228. The van der Waals surface area contributed by atoms with Gasteiger partial charge in [-0.25, -0.2) is 9.37 Å². The highest BCUT2D eigenvalue weighted by Gasteiger charge is 2.35. The minimum absolute atomic E-state index is 0.116. The van der Waals surface area contributed by atoms with E-state index in [1.54, 1.807) is 11.3 Å². The third-order valence-electron chi connectivity index (χ3n) is 6.02. The Morgan fingerprint density at radius 2 is 2.00 bits per heavy atom. The van der Waals surface area contributed by atoms with Gasteiger partial charge in [0.2, 0.25) is 5.28 Å². The van der Waals surface area contributed by atoms with Gasteiger partial charge in [0, 0.05) is 43.6 Å². The van der Waals surface area contributed by atoms with E-state index in [0.29, 0.717) is 19.8 Å². The van der Waals surface area contributed by atoms with Crippen LogP contribution in [0.15, 0.2) is 6.07 Å². The first-order chi connectivity index (χ1) is 13.7. The Balaban J connectivity index is 1.32. The zero-order valence-electron chi connectivity index (χ0n) is 15.8. The van der Waals surface area contributed by atoms with Crippen LogP contribution in [0.2, 0.25) is 5.28 Å². The summed E-state index contributed by atoms with van der Waals surface area (Å²) in [4.78, 5) is 16.9. The molecule has 5 rings (SSSR count). The summed E-state index contributed by atoms with van der Waals surface area (Å²) in [5.41, 5.74) is 0.883. The monoisotopic (exact) mass is 425 g/mol. The highest BCUT2D eigenvalue weighted by Crippen LogP contribution is 2.34. The molecule has 2 aromatic rings. The Morgan fingerprint density at radius 3 is 2.71 bits per heavy atom. The van der Waals surface area contributed by atoms with Gasteiger partial charge in [-0.15, -0.1) is 11.3 Å². The van der Waals surface area contributed by atoms with Crippen molar-refractivity contribution in [2.75, 3.05) is 57.4 Å². The molecule has 0 radical (unpaired) electrons. The molecule has 6 nitrogen and oxygen atoms in total. The molecule has 28 heavy (non-hydrogen) atoms. The summed E-state index contributed by atoms with van der Waals surface area (Å²) in [5, 5.41) is 0.275. The van der Waals surface area contributed by atoms with Crippen LogP contribution in [0.1, 0.15) is 17.7 Å². The summed E-state index contributed by atoms with van der Waals surface area (Å²) in [6.45, 7) is 7.35. The molecular formula is C19H25ClFN5OS. The molecule has 0 aliphatic carbocycles. The second-order valence-corrected chi connectivity index (χ2v) is 9.31. The number of ether oxygens (including phenoxy) is 1. The van der Waals surface area contributed by atoms with Gasteiger partial charge < -0.3 is 9.64 Å². The van der Waals surface area contributed by atoms with Gasteiger partial charge in [0.1, 0.15) is 6.17 Å². The first-order valence-corrected chi connectivity index (χ1v) is 11.3. The quantitative estimate of drug-likeness (QED) is 0.702. The molecule has 0 aromatic carbocycles. The minimum Gasteiger partial charge on any atom is -0.378 e. The topological polar surface area (TPSA) is 44.7 Å². The SMILES string of the molecule is FC1CN(Cc2cc3nc(Cl)nc(N4CCOCC4)c3s2)CCC1N1CCC1. The molecule has 152 valence electrons. The van der Waals surface area contributed by atoms with Crippen molar-refractivity contribution in [1.29, 1.82) is 0 Å². The number of hydrogen-bond donors (Lipinski definition) is 0. The Labute approximate surface area is 173 Å². The van der Waals surface area contributed by atoms with Crippen molar-refractivity contribution in [1.82, 2.24) is 19.8 Å². The van der Waals surface area contributed by atoms with Crippen LogP contribution in [-0.4, -0.2) is 84.5 Å². The molecule has 3 aliphatic rings. The number of morpholine rings is 1. The molecule has 9 heteroatoms. The van der Waals surface area contributed by atoms with Crippen molar-refractivity contribution < 1.29 is 9.13 Å². The Bertz CT molecular complexity index is 841. The summed E-state index contributed by atoms with van der Waals surface area (Å²) in [5.74, 6) is 0.898. The molecule has 2 unspecified atom stereocenters. The van der Waals surface area contributed by atoms with E-state index < -0.39 is 6.17 Å². The third-order valence-corrected chi connectivity index (χ3v) is 7.29. The lowest BCUT2D eigenvalue weighted by Crippen LogP contribution is -2.56. The van der Waals surface area contributed by atoms with Crippen molar-refractivity contribution in [2.45, 2.75) is 31.6 Å². The number of likely N-dealkylation sites (tertiary alicyclic amines) is 2. The lowest BCUT2D eigenvalue weighted by Gasteiger charge is -2.44. The number of halogens is 2. The number of hydrogen-bond acceptors (Lipinski definition) is 7. The maximum atomic E-state index is 14.7. The number of aromatic nitrogens is 2. The molecule has 3 aliphatic heterocycles. The van der Waals surface area contributed by atoms with E-state index in [4.69, 9.17) is 16.3 Å². The zero-order valence-corrected chi connectivity index (χ0v) is 17.4. The van der Waals surface area contributed by atoms with Gasteiger partial charge in [-0.05, 0) is 43.6 Å². The molecule has 0 saturated carbocycles. The normalized spacial score (nSPS) is 27.3. The standard InChI is InChI=1S/C19H25ClFN5OS/c20-19-22-15-10-13(28-17(15)18(23-19)26-6-8-27-9-7-26)11-24-5-2-16(14(21)12-24)25-3-1-4-25/h10,14,16H,1-9,11-12H2. The number of anilines is 1. The first-order valence-electron chi connectivity index (χ1n) is 10.1. The highest BCUT2D eigenvalue weighted by molar-refractivity contribution is 7.19. The summed E-state index contributed by atoms with van der Waals surface area (Å²) in [7, 11) is 0. The van der Waals surface area contributed by atoms with E-state index in [-0.39, 0.29) is 11.3 Å². The highest BCUT2D eigenvalue weighted by atomic mass is 35.5. The van der Waals surface area contributed by atoms with E-state index in [0.717, 1.165) is 61.7 Å². The minimum atomic E-state index is -0.762. The third kappa shape index (κ3) is 3.73. The molecule has 3 saturated heterocycles. The average Bonchev–Trinajstić information content (AvgIpc) is 3.04. The van der Waals surface area contributed by atoms with Crippen molar-refractivity contribution in [3.05, 3.63) is 16.2 Å². The van der Waals surface area contributed by atoms with Gasteiger partial charge in [0.25, 0.3) is 0 Å². The van der Waals surface area contributed by atoms with E-state index in [9.17, 15) is 4.39 Å². The van der Waals surface area contributed by atoms with Gasteiger partial charge in [-0.3, -0.25) is 9.80 Å². The number of rotatable bonds is 4. The molecule has 0 amide bonds. The number of thiophene rings is 1. The Kier molecular flexibility index (Phi) is 5.40. The first kappa shape index (κ1) is 18.9. The largest absolute Gasteiger partial charge is 0.378 e. The van der Waals surface area contributed by atoms with Crippen LogP contribution in [0.3, 0.4) is 0 Å². The van der Waals surface area contributed by atoms with E-state index in [1.165, 1.54) is 11.3 Å². The molecule has 2 atom stereocenters. The average molecular weight is 426 g/mol. The molecule has 5 heterocycles. The van der Waals surface area contributed by atoms with Crippen LogP contribution in [0, 0.1) is 0 Å². The molecule has 0 N–H and O–H groups in total. The number of fused-ring (bicyclic) bond motifs is 1. The van der Waals surface area contributed by atoms with Crippen LogP contribution < -0.4 is 4.90 Å². The molecule has 0 bridgehead atoms. The Morgan fingerprint density at radius 1 is 1.18 bits per heavy atom. The fourth-order valence-corrected chi connectivity index (χ4v) is 5.73. The summed E-state index contributed by atoms with van der Waals surface area (Å²) in [6.07, 6.45) is 1.36. The fraction of sp³-hybridized carbons (Fsp3) is 0.684. The van der Waals surface area contributed by atoms with Gasteiger partial charge >= 0.3 is 0 Å². The fourth-order valence-electron chi connectivity index (χ4n) is 4.41. The van der Waals surface area contributed by atoms with Crippen LogP contribution >= 0.6 is 22.9 Å². The van der Waals surface area contributed by atoms with Crippen molar-refractivity contribution >= 4 is 39.0 Å². The van der Waals surface area contributed by atoms with Crippen molar-refractivity contribution in [2.24, 2.45) is 0 Å². The second-order valence-electron chi connectivity index (χ2n) is 7.84. The summed E-state index contributed by atoms with van der Waals surface area (Å²) >= 11 is 7.89. The molecule has 0 spiro atoms. The zero-order chi connectivity index (χ0) is 19.1. The predicted octanol–water partition coefficient (Wildman–Crippen LogP) is 2.80. The van der Waals surface area contributed by atoms with E-state index in [2.05, 4.69) is 30.7 Å². The Hall–Kier alpha value is -1.06.